The Labute approximate surface area is 101 Å². The van der Waals surface area contributed by atoms with E-state index in [4.69, 9.17) is 5.73 Å². The molecular weight excluding hydrogens is 216 g/mol. The molecule has 0 aliphatic carbocycles. The van der Waals surface area contributed by atoms with Crippen molar-refractivity contribution >= 4 is 11.6 Å². The lowest BCUT2D eigenvalue weighted by Crippen LogP contribution is -2.46. The van der Waals surface area contributed by atoms with E-state index in [0.717, 1.165) is 5.69 Å². The van der Waals surface area contributed by atoms with Crippen molar-refractivity contribution in [1.29, 1.82) is 0 Å². The summed E-state index contributed by atoms with van der Waals surface area (Å²) < 4.78 is 0. The molecule has 0 aromatic heterocycles. The van der Waals surface area contributed by atoms with Gasteiger partial charge in [0.05, 0.1) is 6.17 Å². The zero-order chi connectivity index (χ0) is 12.3. The number of hydrazine groups is 1. The lowest BCUT2D eigenvalue weighted by atomic mass is 10.1. The van der Waals surface area contributed by atoms with E-state index in [1.54, 1.807) is 4.90 Å². The monoisotopic (exact) mass is 234 g/mol. The molecule has 1 heterocycles. The van der Waals surface area contributed by atoms with Crippen LogP contribution in [0.3, 0.4) is 0 Å². The Bertz CT molecular complexity index is 381. The van der Waals surface area contributed by atoms with E-state index in [0.29, 0.717) is 13.0 Å². The summed E-state index contributed by atoms with van der Waals surface area (Å²) in [7, 11) is 0. The third kappa shape index (κ3) is 2.63. The third-order valence-electron chi connectivity index (χ3n) is 2.88. The number of anilines is 1. The van der Waals surface area contributed by atoms with E-state index < -0.39 is 0 Å². The topological polar surface area (TPSA) is 70.4 Å². The molecule has 1 aromatic carbocycles. The van der Waals surface area contributed by atoms with Crippen molar-refractivity contribution in [3.05, 3.63) is 30.3 Å². The first-order valence-corrected chi connectivity index (χ1v) is 5.85. The van der Waals surface area contributed by atoms with Crippen LogP contribution in [0.25, 0.3) is 0 Å². The number of nitrogens with one attached hydrogen (secondary N) is 2. The molecule has 0 saturated carbocycles. The Morgan fingerprint density at radius 2 is 2.12 bits per heavy atom. The highest BCUT2D eigenvalue weighted by molar-refractivity contribution is 5.97. The van der Waals surface area contributed by atoms with E-state index in [9.17, 15) is 4.79 Å². The first-order valence-electron chi connectivity index (χ1n) is 5.85. The van der Waals surface area contributed by atoms with Gasteiger partial charge in [0.15, 0.2) is 0 Å². The van der Waals surface area contributed by atoms with Crippen LogP contribution in [0.1, 0.15) is 13.3 Å². The molecular formula is C12H18N4O. The second kappa shape index (κ2) is 5.27. The second-order valence-electron chi connectivity index (χ2n) is 4.10. The maximum absolute atomic E-state index is 12.3. The normalized spacial score (nSPS) is 23.6. The number of carbonyl (C=O) groups excluding carboxylic acids is 1. The molecule has 17 heavy (non-hydrogen) atoms. The van der Waals surface area contributed by atoms with Crippen molar-refractivity contribution in [2.24, 2.45) is 5.73 Å². The minimum absolute atomic E-state index is 0.0548. The van der Waals surface area contributed by atoms with Crippen molar-refractivity contribution in [3.8, 4) is 0 Å². The smallest absolute Gasteiger partial charge is 0.245 e. The minimum Gasteiger partial charge on any atom is -0.315 e. The quantitative estimate of drug-likeness (QED) is 0.698. The van der Waals surface area contributed by atoms with Gasteiger partial charge in [-0.15, -0.1) is 0 Å². The number of likely N-dealkylation sites (N-methyl/N-ethyl adjacent to an activating group) is 1. The van der Waals surface area contributed by atoms with E-state index in [-0.39, 0.29) is 18.1 Å². The number of para-hydroxylation sites is 1. The summed E-state index contributed by atoms with van der Waals surface area (Å²) in [5.41, 5.74) is 12.4. The fourth-order valence-electron chi connectivity index (χ4n) is 2.00. The Morgan fingerprint density at radius 3 is 2.65 bits per heavy atom. The minimum atomic E-state index is -0.245. The number of hydrogen-bond donors (Lipinski definition) is 3. The largest absolute Gasteiger partial charge is 0.315 e. The van der Waals surface area contributed by atoms with Crippen molar-refractivity contribution in [2.75, 3.05) is 11.4 Å². The molecule has 1 saturated heterocycles. The highest BCUT2D eigenvalue weighted by Crippen LogP contribution is 2.16. The lowest BCUT2D eigenvalue weighted by Gasteiger charge is -2.24. The molecule has 5 heteroatoms. The van der Waals surface area contributed by atoms with Crippen LogP contribution in [0.15, 0.2) is 30.3 Å². The number of hydrogen-bond acceptors (Lipinski definition) is 4. The number of benzene rings is 1. The summed E-state index contributed by atoms with van der Waals surface area (Å²) in [6.07, 6.45) is 0.459. The number of nitrogens with two attached hydrogens (primary N) is 1. The molecule has 2 rings (SSSR count). The number of nitrogens with zero attached hydrogens (tertiary/aromatic N) is 1. The maximum atomic E-state index is 12.3. The summed E-state index contributed by atoms with van der Waals surface area (Å²) in [5.74, 6) is 0.0548. The summed E-state index contributed by atoms with van der Waals surface area (Å²) >= 11 is 0. The summed E-state index contributed by atoms with van der Waals surface area (Å²) in [6, 6.07) is 9.42. The van der Waals surface area contributed by atoms with Gasteiger partial charge >= 0.3 is 0 Å². The molecule has 4 N–H and O–H groups in total. The van der Waals surface area contributed by atoms with Gasteiger partial charge in [-0.25, -0.2) is 10.9 Å². The molecule has 0 radical (unpaired) electrons. The molecule has 1 amide bonds. The highest BCUT2D eigenvalue weighted by atomic mass is 16.2. The van der Waals surface area contributed by atoms with Crippen LogP contribution in [-0.4, -0.2) is 24.7 Å². The van der Waals surface area contributed by atoms with Gasteiger partial charge in [-0.05, 0) is 19.1 Å². The number of rotatable bonds is 3. The van der Waals surface area contributed by atoms with Crippen LogP contribution in [0, 0.1) is 0 Å². The van der Waals surface area contributed by atoms with Crippen LogP contribution in [0.4, 0.5) is 5.69 Å². The van der Waals surface area contributed by atoms with Crippen molar-refractivity contribution in [1.82, 2.24) is 10.9 Å². The summed E-state index contributed by atoms with van der Waals surface area (Å²) in [4.78, 5) is 14.1. The SMILES string of the molecule is CCN(C(=O)C1CC(N)NN1)c1ccccc1. The third-order valence-corrected chi connectivity index (χ3v) is 2.88. The molecule has 1 aliphatic rings. The molecule has 5 nitrogen and oxygen atoms in total. The molecule has 2 unspecified atom stereocenters. The average Bonchev–Trinajstić information content (AvgIpc) is 2.78. The predicted molar refractivity (Wildman–Crippen MR) is 67.1 cm³/mol. The molecule has 0 bridgehead atoms. The van der Waals surface area contributed by atoms with Gasteiger partial charge in [-0.2, -0.15) is 0 Å². The van der Waals surface area contributed by atoms with Crippen LogP contribution < -0.4 is 21.5 Å². The fraction of sp³-hybridized carbons (Fsp3) is 0.417. The van der Waals surface area contributed by atoms with E-state index in [2.05, 4.69) is 10.9 Å². The van der Waals surface area contributed by atoms with Crippen LogP contribution >= 0.6 is 0 Å². The lowest BCUT2D eigenvalue weighted by molar-refractivity contribution is -0.120. The molecule has 1 fully saturated rings. The molecule has 1 aromatic rings. The molecule has 2 atom stereocenters. The summed E-state index contributed by atoms with van der Waals surface area (Å²) in [6.45, 7) is 2.61. The zero-order valence-corrected chi connectivity index (χ0v) is 9.89. The standard InChI is InChI=1S/C12H18N4O/c1-2-16(9-6-4-3-5-7-9)12(17)10-8-11(13)15-14-10/h3-7,10-11,14-15H,2,8,13H2,1H3. The number of carbonyl (C=O) groups is 1. The van der Waals surface area contributed by atoms with Crippen LogP contribution in [0.2, 0.25) is 0 Å². The van der Waals surface area contributed by atoms with Crippen molar-refractivity contribution in [3.63, 3.8) is 0 Å². The zero-order valence-electron chi connectivity index (χ0n) is 9.89. The van der Waals surface area contributed by atoms with Crippen LogP contribution in [0.5, 0.6) is 0 Å². The maximum Gasteiger partial charge on any atom is 0.245 e. The fourth-order valence-corrected chi connectivity index (χ4v) is 2.00. The second-order valence-corrected chi connectivity index (χ2v) is 4.10. The Balaban J connectivity index is 2.11. The summed E-state index contributed by atoms with van der Waals surface area (Å²) in [5, 5.41) is 0. The Hall–Kier alpha value is -1.43. The van der Waals surface area contributed by atoms with Gasteiger partial charge in [0.2, 0.25) is 5.91 Å². The molecule has 0 spiro atoms. The van der Waals surface area contributed by atoms with Crippen molar-refractivity contribution in [2.45, 2.75) is 25.6 Å². The van der Waals surface area contributed by atoms with Crippen LogP contribution in [-0.2, 0) is 4.79 Å². The van der Waals surface area contributed by atoms with Gasteiger partial charge in [0, 0.05) is 18.7 Å². The van der Waals surface area contributed by atoms with E-state index in [1.807, 2.05) is 37.3 Å². The predicted octanol–water partition coefficient (Wildman–Crippen LogP) is 0.191. The first-order chi connectivity index (χ1) is 8.22. The Morgan fingerprint density at radius 1 is 1.41 bits per heavy atom. The molecule has 1 aliphatic heterocycles. The van der Waals surface area contributed by atoms with Gasteiger partial charge in [-0.1, -0.05) is 18.2 Å². The van der Waals surface area contributed by atoms with Gasteiger partial charge < -0.3 is 10.6 Å². The average molecular weight is 234 g/mol. The van der Waals surface area contributed by atoms with E-state index in [1.165, 1.54) is 0 Å². The number of amides is 1. The Kier molecular flexibility index (Phi) is 3.73. The van der Waals surface area contributed by atoms with E-state index >= 15 is 0 Å². The highest BCUT2D eigenvalue weighted by Gasteiger charge is 2.30. The van der Waals surface area contributed by atoms with Crippen molar-refractivity contribution < 1.29 is 4.79 Å². The van der Waals surface area contributed by atoms with Gasteiger partial charge in [-0.3, -0.25) is 4.79 Å². The molecule has 92 valence electrons. The van der Waals surface area contributed by atoms with Gasteiger partial charge in [0.25, 0.3) is 0 Å². The van der Waals surface area contributed by atoms with Gasteiger partial charge in [0.1, 0.15) is 6.04 Å². The first kappa shape index (κ1) is 12.0.